The van der Waals surface area contributed by atoms with E-state index < -0.39 is 11.5 Å². The Labute approximate surface area is 148 Å². The van der Waals surface area contributed by atoms with Gasteiger partial charge < -0.3 is 14.5 Å². The number of anilines is 1. The molecule has 6 nitrogen and oxygen atoms in total. The fraction of sp³-hybridized carbons (Fsp3) is 0.0500. The number of nitrogens with one attached hydrogen (secondary N) is 1. The number of fused-ring (bicyclic) bond motifs is 2. The molecule has 2 heterocycles. The molecule has 0 fully saturated rings. The Morgan fingerprint density at radius 3 is 2.77 bits per heavy atom. The normalized spacial score (nSPS) is 10.8. The number of aromatic nitrogens is 1. The number of carbonyl (C=O) groups excluding carboxylic acids is 1. The predicted molar refractivity (Wildman–Crippen MR) is 98.7 cm³/mol. The van der Waals surface area contributed by atoms with E-state index in [-0.39, 0.29) is 5.76 Å². The van der Waals surface area contributed by atoms with Gasteiger partial charge in [-0.15, -0.1) is 0 Å². The van der Waals surface area contributed by atoms with E-state index in [0.717, 1.165) is 10.9 Å². The zero-order valence-electron chi connectivity index (χ0n) is 13.9. The minimum absolute atomic E-state index is 0.0725. The van der Waals surface area contributed by atoms with Crippen molar-refractivity contribution in [3.05, 3.63) is 77.0 Å². The number of pyridine rings is 1. The monoisotopic (exact) mass is 346 g/mol. The molecule has 0 saturated heterocycles. The van der Waals surface area contributed by atoms with Crippen molar-refractivity contribution in [3.8, 4) is 5.75 Å². The molecule has 1 amide bonds. The Morgan fingerprint density at radius 2 is 1.92 bits per heavy atom. The van der Waals surface area contributed by atoms with Gasteiger partial charge in [0.1, 0.15) is 5.75 Å². The molecule has 0 bridgehead atoms. The van der Waals surface area contributed by atoms with Gasteiger partial charge in [-0.25, -0.2) is 4.79 Å². The number of para-hydroxylation sites is 1. The molecule has 4 aromatic rings. The van der Waals surface area contributed by atoms with Crippen LogP contribution in [0, 0.1) is 0 Å². The Balaban J connectivity index is 1.75. The number of amides is 1. The first kappa shape index (κ1) is 15.8. The van der Waals surface area contributed by atoms with E-state index in [4.69, 9.17) is 9.15 Å². The van der Waals surface area contributed by atoms with Crippen LogP contribution in [0.3, 0.4) is 0 Å². The van der Waals surface area contributed by atoms with E-state index in [1.54, 1.807) is 30.5 Å². The third-order valence-electron chi connectivity index (χ3n) is 4.09. The molecule has 1 N–H and O–H groups in total. The standard InChI is InChI=1S/C20H14N2O4/c1-25-13-6-7-14-12(10-13)11-18(26-20(14)24)19(23)22-17-8-9-21-16-5-3-2-4-15(16)17/h2-11H,1H3,(H,21,22,23). The number of ether oxygens (including phenoxy) is 1. The van der Waals surface area contributed by atoms with Crippen LogP contribution < -0.4 is 15.7 Å². The van der Waals surface area contributed by atoms with Crippen LogP contribution in [0.25, 0.3) is 21.7 Å². The number of hydrogen-bond donors (Lipinski definition) is 1. The van der Waals surface area contributed by atoms with Gasteiger partial charge in [-0.2, -0.15) is 0 Å². The third kappa shape index (κ3) is 2.77. The van der Waals surface area contributed by atoms with Gasteiger partial charge in [0.15, 0.2) is 5.76 Å². The maximum atomic E-state index is 12.6. The summed E-state index contributed by atoms with van der Waals surface area (Å²) < 4.78 is 10.4. The summed E-state index contributed by atoms with van der Waals surface area (Å²) in [7, 11) is 1.54. The average molecular weight is 346 g/mol. The minimum atomic E-state index is -0.574. The lowest BCUT2D eigenvalue weighted by molar-refractivity contribution is 0.0993. The van der Waals surface area contributed by atoms with Gasteiger partial charge in [-0.3, -0.25) is 9.78 Å². The van der Waals surface area contributed by atoms with Crippen LogP contribution in [0.5, 0.6) is 5.75 Å². The summed E-state index contributed by atoms with van der Waals surface area (Å²) in [5.74, 6) is 0.00871. The Hall–Kier alpha value is -3.67. The number of methoxy groups -OCH3 is 1. The van der Waals surface area contributed by atoms with Crippen LogP contribution in [0.15, 0.2) is 70.0 Å². The van der Waals surface area contributed by atoms with Crippen molar-refractivity contribution >= 4 is 33.3 Å². The quantitative estimate of drug-likeness (QED) is 0.613. The zero-order chi connectivity index (χ0) is 18.1. The Kier molecular flexibility index (Phi) is 3.85. The largest absolute Gasteiger partial charge is 0.497 e. The molecule has 128 valence electrons. The van der Waals surface area contributed by atoms with E-state index in [1.807, 2.05) is 24.3 Å². The van der Waals surface area contributed by atoms with Crippen LogP contribution >= 0.6 is 0 Å². The van der Waals surface area contributed by atoms with Crippen LogP contribution in [0.1, 0.15) is 10.6 Å². The van der Waals surface area contributed by atoms with Crippen LogP contribution in [-0.2, 0) is 0 Å². The topological polar surface area (TPSA) is 81.4 Å². The van der Waals surface area contributed by atoms with E-state index >= 15 is 0 Å². The van der Waals surface area contributed by atoms with Crippen molar-refractivity contribution in [3.63, 3.8) is 0 Å². The second-order valence-corrected chi connectivity index (χ2v) is 5.68. The second kappa shape index (κ2) is 6.33. The van der Waals surface area contributed by atoms with Crippen molar-refractivity contribution in [1.29, 1.82) is 0 Å². The zero-order valence-corrected chi connectivity index (χ0v) is 13.9. The Bertz CT molecular complexity index is 1190. The van der Waals surface area contributed by atoms with E-state index in [0.29, 0.717) is 22.2 Å². The van der Waals surface area contributed by atoms with Gasteiger partial charge >= 0.3 is 5.63 Å². The molecule has 0 aliphatic carbocycles. The molecule has 0 unspecified atom stereocenters. The van der Waals surface area contributed by atoms with E-state index in [9.17, 15) is 9.59 Å². The molecule has 0 aliphatic rings. The van der Waals surface area contributed by atoms with Gasteiger partial charge in [0.05, 0.1) is 23.7 Å². The molecule has 2 aromatic heterocycles. The summed E-state index contributed by atoms with van der Waals surface area (Å²) in [6.07, 6.45) is 1.61. The summed E-state index contributed by atoms with van der Waals surface area (Å²) in [4.78, 5) is 29.0. The summed E-state index contributed by atoms with van der Waals surface area (Å²) in [5, 5.41) is 4.54. The summed E-state index contributed by atoms with van der Waals surface area (Å²) >= 11 is 0. The summed E-state index contributed by atoms with van der Waals surface area (Å²) in [5.41, 5.74) is 0.777. The molecular formula is C20H14N2O4. The first-order valence-corrected chi connectivity index (χ1v) is 7.93. The van der Waals surface area contributed by atoms with Gasteiger partial charge in [0.25, 0.3) is 5.91 Å². The molecule has 2 aromatic carbocycles. The summed E-state index contributed by atoms with van der Waals surface area (Å²) in [6.45, 7) is 0. The van der Waals surface area contributed by atoms with E-state index in [2.05, 4.69) is 10.3 Å². The third-order valence-corrected chi connectivity index (χ3v) is 4.09. The molecule has 0 radical (unpaired) electrons. The summed E-state index contributed by atoms with van der Waals surface area (Å²) in [6, 6.07) is 15.6. The fourth-order valence-electron chi connectivity index (χ4n) is 2.80. The van der Waals surface area contributed by atoms with Crippen molar-refractivity contribution in [2.45, 2.75) is 0 Å². The SMILES string of the molecule is COc1ccc2c(=O)oc(C(=O)Nc3ccnc4ccccc34)cc2c1. The first-order chi connectivity index (χ1) is 12.7. The lowest BCUT2D eigenvalue weighted by Crippen LogP contribution is -2.15. The van der Waals surface area contributed by atoms with Crippen LogP contribution in [-0.4, -0.2) is 18.0 Å². The van der Waals surface area contributed by atoms with Crippen LogP contribution in [0.4, 0.5) is 5.69 Å². The number of benzene rings is 2. The molecule has 4 rings (SSSR count). The molecular weight excluding hydrogens is 332 g/mol. The van der Waals surface area contributed by atoms with Crippen molar-refractivity contribution < 1.29 is 13.9 Å². The van der Waals surface area contributed by atoms with Crippen LogP contribution in [0.2, 0.25) is 0 Å². The molecule has 6 heteroatoms. The number of carbonyl (C=O) groups is 1. The second-order valence-electron chi connectivity index (χ2n) is 5.68. The smallest absolute Gasteiger partial charge is 0.344 e. The highest BCUT2D eigenvalue weighted by molar-refractivity contribution is 6.08. The number of rotatable bonds is 3. The fourth-order valence-corrected chi connectivity index (χ4v) is 2.80. The molecule has 0 saturated carbocycles. The predicted octanol–water partition coefficient (Wildman–Crippen LogP) is 3.60. The maximum absolute atomic E-state index is 12.6. The molecule has 26 heavy (non-hydrogen) atoms. The molecule has 0 atom stereocenters. The van der Waals surface area contributed by atoms with Crippen molar-refractivity contribution in [2.75, 3.05) is 12.4 Å². The highest BCUT2D eigenvalue weighted by Gasteiger charge is 2.14. The van der Waals surface area contributed by atoms with Gasteiger partial charge in [-0.1, -0.05) is 18.2 Å². The van der Waals surface area contributed by atoms with Gasteiger partial charge in [0, 0.05) is 11.6 Å². The lowest BCUT2D eigenvalue weighted by atomic mass is 10.1. The Morgan fingerprint density at radius 1 is 1.08 bits per heavy atom. The minimum Gasteiger partial charge on any atom is -0.497 e. The average Bonchev–Trinajstić information content (AvgIpc) is 2.67. The maximum Gasteiger partial charge on any atom is 0.344 e. The van der Waals surface area contributed by atoms with E-state index in [1.165, 1.54) is 13.2 Å². The number of nitrogens with zero attached hydrogens (tertiary/aromatic N) is 1. The number of hydrogen-bond acceptors (Lipinski definition) is 5. The van der Waals surface area contributed by atoms with Gasteiger partial charge in [0.2, 0.25) is 0 Å². The first-order valence-electron chi connectivity index (χ1n) is 7.93. The van der Waals surface area contributed by atoms with Gasteiger partial charge in [-0.05, 0) is 41.8 Å². The molecule has 0 aliphatic heterocycles. The van der Waals surface area contributed by atoms with Crippen molar-refractivity contribution in [1.82, 2.24) is 4.98 Å². The molecule has 0 spiro atoms. The highest BCUT2D eigenvalue weighted by atomic mass is 16.5. The lowest BCUT2D eigenvalue weighted by Gasteiger charge is -2.08. The van der Waals surface area contributed by atoms with Crippen molar-refractivity contribution in [2.24, 2.45) is 0 Å². The highest BCUT2D eigenvalue weighted by Crippen LogP contribution is 2.23.